The molecule has 0 aromatic heterocycles. The Morgan fingerprint density at radius 2 is 1.77 bits per heavy atom. The van der Waals surface area contributed by atoms with E-state index in [-0.39, 0.29) is 18.5 Å². The largest absolute Gasteiger partial charge is 0.448 e. The molecule has 2 fully saturated rings. The van der Waals surface area contributed by atoms with Crippen molar-refractivity contribution in [3.63, 3.8) is 0 Å². The maximum Gasteiger partial charge on any atom is 0.410 e. The van der Waals surface area contributed by atoms with Gasteiger partial charge in [-0.25, -0.2) is 4.79 Å². The molecular formula is C16H21N3O3. The standard InChI is InChI=1S/C16H21N3O3/c20-15(13-19-10-11-22-16(19)21)18-8-6-17(7-9-18)12-14-4-2-1-3-5-14/h1-5H,6-13H2. The molecule has 0 N–H and O–H groups in total. The van der Waals surface area contributed by atoms with Gasteiger partial charge in [0, 0.05) is 32.7 Å². The number of carbonyl (C=O) groups excluding carboxylic acids is 2. The van der Waals surface area contributed by atoms with E-state index in [0.29, 0.717) is 26.2 Å². The van der Waals surface area contributed by atoms with Crippen molar-refractivity contribution in [1.82, 2.24) is 14.7 Å². The molecule has 6 nitrogen and oxygen atoms in total. The number of nitrogens with zero attached hydrogens (tertiary/aromatic N) is 3. The molecule has 0 aliphatic carbocycles. The van der Waals surface area contributed by atoms with E-state index < -0.39 is 0 Å². The Balaban J connectivity index is 1.45. The third-order valence-corrected chi connectivity index (χ3v) is 4.15. The highest BCUT2D eigenvalue weighted by Crippen LogP contribution is 2.10. The van der Waals surface area contributed by atoms with Gasteiger partial charge in [-0.3, -0.25) is 14.6 Å². The van der Waals surface area contributed by atoms with E-state index in [2.05, 4.69) is 17.0 Å². The molecular weight excluding hydrogens is 282 g/mol. The SMILES string of the molecule is O=C(CN1CCOC1=O)N1CCN(Cc2ccccc2)CC1. The Morgan fingerprint density at radius 1 is 1.05 bits per heavy atom. The predicted octanol–water partition coefficient (Wildman–Crippen LogP) is 0.783. The molecule has 6 heteroatoms. The van der Waals surface area contributed by atoms with Gasteiger partial charge in [-0.2, -0.15) is 0 Å². The summed E-state index contributed by atoms with van der Waals surface area (Å²) in [7, 11) is 0. The zero-order chi connectivity index (χ0) is 15.4. The van der Waals surface area contributed by atoms with Crippen molar-refractivity contribution >= 4 is 12.0 Å². The van der Waals surface area contributed by atoms with Crippen molar-refractivity contribution in [2.75, 3.05) is 45.9 Å². The quantitative estimate of drug-likeness (QED) is 0.825. The lowest BCUT2D eigenvalue weighted by molar-refractivity contribution is -0.133. The van der Waals surface area contributed by atoms with Crippen molar-refractivity contribution < 1.29 is 14.3 Å². The van der Waals surface area contributed by atoms with Gasteiger partial charge in [-0.05, 0) is 5.56 Å². The maximum absolute atomic E-state index is 12.2. The van der Waals surface area contributed by atoms with Gasteiger partial charge in [-0.15, -0.1) is 0 Å². The Hall–Kier alpha value is -2.08. The second kappa shape index (κ2) is 6.79. The summed E-state index contributed by atoms with van der Waals surface area (Å²) in [4.78, 5) is 29.3. The van der Waals surface area contributed by atoms with Gasteiger partial charge in [0.2, 0.25) is 5.91 Å². The molecule has 3 rings (SSSR count). The first-order valence-corrected chi connectivity index (χ1v) is 7.68. The van der Waals surface area contributed by atoms with Crippen LogP contribution in [0, 0.1) is 0 Å². The zero-order valence-corrected chi connectivity index (χ0v) is 12.6. The fourth-order valence-corrected chi connectivity index (χ4v) is 2.83. The molecule has 0 atom stereocenters. The molecule has 2 amide bonds. The molecule has 2 heterocycles. The number of hydrogen-bond donors (Lipinski definition) is 0. The number of piperazine rings is 1. The highest BCUT2D eigenvalue weighted by molar-refractivity contribution is 5.83. The third kappa shape index (κ3) is 3.57. The minimum absolute atomic E-state index is 0.0122. The molecule has 2 aliphatic heterocycles. The Kier molecular flexibility index (Phi) is 4.58. The van der Waals surface area contributed by atoms with Crippen molar-refractivity contribution in [2.45, 2.75) is 6.54 Å². The first-order valence-electron chi connectivity index (χ1n) is 7.68. The van der Waals surface area contributed by atoms with Crippen molar-refractivity contribution in [3.8, 4) is 0 Å². The average molecular weight is 303 g/mol. The van der Waals surface area contributed by atoms with Gasteiger partial charge in [-0.1, -0.05) is 30.3 Å². The van der Waals surface area contributed by atoms with Crippen molar-refractivity contribution in [3.05, 3.63) is 35.9 Å². The van der Waals surface area contributed by atoms with Crippen LogP contribution in [0.15, 0.2) is 30.3 Å². The summed E-state index contributed by atoms with van der Waals surface area (Å²) in [5.74, 6) is 0.0122. The summed E-state index contributed by atoms with van der Waals surface area (Å²) in [5.41, 5.74) is 1.29. The van der Waals surface area contributed by atoms with Crippen LogP contribution in [0.4, 0.5) is 4.79 Å². The molecule has 2 saturated heterocycles. The number of cyclic esters (lactones) is 1. The summed E-state index contributed by atoms with van der Waals surface area (Å²) < 4.78 is 4.85. The number of benzene rings is 1. The van der Waals surface area contributed by atoms with Crippen LogP contribution in [0.25, 0.3) is 0 Å². The van der Waals surface area contributed by atoms with Crippen LogP contribution in [0.3, 0.4) is 0 Å². The minimum atomic E-state index is -0.379. The number of amides is 2. The lowest BCUT2D eigenvalue weighted by Gasteiger charge is -2.35. The number of rotatable bonds is 4. The Bertz CT molecular complexity index is 527. The van der Waals surface area contributed by atoms with E-state index in [1.54, 1.807) is 0 Å². The van der Waals surface area contributed by atoms with E-state index in [9.17, 15) is 9.59 Å². The smallest absolute Gasteiger partial charge is 0.410 e. The fourth-order valence-electron chi connectivity index (χ4n) is 2.83. The maximum atomic E-state index is 12.2. The van der Waals surface area contributed by atoms with Gasteiger partial charge in [0.15, 0.2) is 0 Å². The van der Waals surface area contributed by atoms with Crippen molar-refractivity contribution in [1.29, 1.82) is 0 Å². The lowest BCUT2D eigenvalue weighted by Crippen LogP contribution is -2.51. The third-order valence-electron chi connectivity index (χ3n) is 4.15. The van der Waals surface area contributed by atoms with E-state index in [4.69, 9.17) is 4.74 Å². The zero-order valence-electron chi connectivity index (χ0n) is 12.6. The van der Waals surface area contributed by atoms with Crippen molar-refractivity contribution in [2.24, 2.45) is 0 Å². The van der Waals surface area contributed by atoms with Gasteiger partial charge >= 0.3 is 6.09 Å². The molecule has 0 unspecified atom stereocenters. The highest BCUT2D eigenvalue weighted by Gasteiger charge is 2.28. The number of ether oxygens (including phenoxy) is 1. The van der Waals surface area contributed by atoms with Gasteiger partial charge in [0.1, 0.15) is 13.2 Å². The first kappa shape index (κ1) is 14.8. The molecule has 0 spiro atoms. The van der Waals surface area contributed by atoms with Crippen LogP contribution < -0.4 is 0 Å². The molecule has 1 aromatic rings. The molecule has 0 bridgehead atoms. The average Bonchev–Trinajstić information content (AvgIpc) is 2.94. The predicted molar refractivity (Wildman–Crippen MR) is 81.2 cm³/mol. The van der Waals surface area contributed by atoms with E-state index >= 15 is 0 Å². The van der Waals surface area contributed by atoms with Crippen LogP contribution in [0.2, 0.25) is 0 Å². The number of hydrogen-bond acceptors (Lipinski definition) is 4. The van der Waals surface area contributed by atoms with Crippen LogP contribution in [-0.4, -0.2) is 72.6 Å². The second-order valence-electron chi connectivity index (χ2n) is 5.68. The van der Waals surface area contributed by atoms with E-state index in [1.165, 1.54) is 10.5 Å². The lowest BCUT2D eigenvalue weighted by atomic mass is 10.2. The van der Waals surface area contributed by atoms with E-state index in [0.717, 1.165) is 19.6 Å². The molecule has 118 valence electrons. The molecule has 1 aromatic carbocycles. The molecule has 22 heavy (non-hydrogen) atoms. The Labute approximate surface area is 130 Å². The summed E-state index contributed by atoms with van der Waals surface area (Å²) >= 11 is 0. The molecule has 0 radical (unpaired) electrons. The molecule has 2 aliphatic rings. The summed E-state index contributed by atoms with van der Waals surface area (Å²) in [6.45, 7) is 5.12. The van der Waals surface area contributed by atoms with Gasteiger partial charge in [0.25, 0.3) is 0 Å². The van der Waals surface area contributed by atoms with E-state index in [1.807, 2.05) is 23.1 Å². The molecule has 0 saturated carbocycles. The Morgan fingerprint density at radius 3 is 2.41 bits per heavy atom. The topological polar surface area (TPSA) is 53.1 Å². The number of carbonyl (C=O) groups is 2. The second-order valence-corrected chi connectivity index (χ2v) is 5.68. The van der Waals surface area contributed by atoms with Gasteiger partial charge < -0.3 is 9.64 Å². The minimum Gasteiger partial charge on any atom is -0.448 e. The highest BCUT2D eigenvalue weighted by atomic mass is 16.6. The fraction of sp³-hybridized carbons (Fsp3) is 0.500. The normalized spacial score (nSPS) is 19.4. The van der Waals surface area contributed by atoms with Crippen LogP contribution in [0.1, 0.15) is 5.56 Å². The summed E-state index contributed by atoms with van der Waals surface area (Å²) in [6, 6.07) is 10.4. The summed E-state index contributed by atoms with van der Waals surface area (Å²) in [6.07, 6.45) is -0.379. The van der Waals surface area contributed by atoms with Crippen LogP contribution >= 0.6 is 0 Å². The first-order chi connectivity index (χ1) is 10.7. The summed E-state index contributed by atoms with van der Waals surface area (Å²) in [5, 5.41) is 0. The van der Waals surface area contributed by atoms with Crippen LogP contribution in [-0.2, 0) is 16.1 Å². The monoisotopic (exact) mass is 303 g/mol. The van der Waals surface area contributed by atoms with Crippen LogP contribution in [0.5, 0.6) is 0 Å². The van der Waals surface area contributed by atoms with Gasteiger partial charge in [0.05, 0.1) is 6.54 Å².